The normalized spacial score (nSPS) is 12.0. The smallest absolute Gasteiger partial charge is 0.225 e. The van der Waals surface area contributed by atoms with Gasteiger partial charge in [0, 0.05) is 9.13 Å². The van der Waals surface area contributed by atoms with Crippen LogP contribution in [0.15, 0.2) is 48.5 Å². The third kappa shape index (κ3) is 4.25. The summed E-state index contributed by atoms with van der Waals surface area (Å²) in [7, 11) is 0. The van der Waals surface area contributed by atoms with Crippen molar-refractivity contribution >= 4 is 28.5 Å². The molecule has 5 heteroatoms. The second-order valence-electron chi connectivity index (χ2n) is 4.59. The Kier molecular flexibility index (Phi) is 5.69. The number of halogens is 2. The Balaban J connectivity index is 2.07. The molecule has 0 aromatic heterocycles. The Hall–Kier alpha value is -1.47. The molecule has 2 aromatic rings. The van der Waals surface area contributed by atoms with Gasteiger partial charge in [-0.25, -0.2) is 4.39 Å². The Morgan fingerprint density at radius 2 is 1.86 bits per heavy atom. The molecule has 2 rings (SSSR count). The molecule has 0 heterocycles. The van der Waals surface area contributed by atoms with Crippen LogP contribution in [0.3, 0.4) is 0 Å². The Morgan fingerprint density at radius 1 is 1.19 bits per heavy atom. The minimum Gasteiger partial charge on any atom is -0.394 e. The predicted octanol–water partition coefficient (Wildman–Crippen LogP) is 2.82. The highest BCUT2D eigenvalue weighted by Crippen LogP contribution is 2.17. The van der Waals surface area contributed by atoms with Gasteiger partial charge in [0.05, 0.1) is 19.1 Å². The van der Waals surface area contributed by atoms with Gasteiger partial charge in [0.25, 0.3) is 0 Å². The summed E-state index contributed by atoms with van der Waals surface area (Å²) < 4.78 is 14.7. The second-order valence-corrected chi connectivity index (χ2v) is 5.75. The molecular formula is C16H15FINO2. The van der Waals surface area contributed by atoms with E-state index in [1.807, 2.05) is 24.3 Å². The standard InChI is InChI=1S/C16H15FINO2/c17-13-7-3-2-6-12(13)15(10-20)19-16(21)9-11-5-1-4-8-14(11)18/h1-8,15,20H,9-10H2,(H,19,21)/t15-/m1/s1. The molecular weight excluding hydrogens is 384 g/mol. The van der Waals surface area contributed by atoms with Crippen LogP contribution in [0, 0.1) is 9.39 Å². The molecule has 3 nitrogen and oxygen atoms in total. The van der Waals surface area contributed by atoms with E-state index >= 15 is 0 Å². The van der Waals surface area contributed by atoms with E-state index in [2.05, 4.69) is 27.9 Å². The van der Waals surface area contributed by atoms with Crippen LogP contribution in [0.5, 0.6) is 0 Å². The zero-order chi connectivity index (χ0) is 15.2. The van der Waals surface area contributed by atoms with Crippen LogP contribution in [-0.4, -0.2) is 17.6 Å². The average Bonchev–Trinajstić information content (AvgIpc) is 2.48. The number of hydrogen-bond acceptors (Lipinski definition) is 2. The van der Waals surface area contributed by atoms with Crippen LogP contribution >= 0.6 is 22.6 Å². The van der Waals surface area contributed by atoms with Gasteiger partial charge in [0.1, 0.15) is 5.82 Å². The molecule has 0 saturated heterocycles. The highest BCUT2D eigenvalue weighted by Gasteiger charge is 2.17. The van der Waals surface area contributed by atoms with Gasteiger partial charge in [-0.2, -0.15) is 0 Å². The van der Waals surface area contributed by atoms with E-state index in [1.165, 1.54) is 6.07 Å². The summed E-state index contributed by atoms with van der Waals surface area (Å²) in [6.45, 7) is -0.349. The number of amides is 1. The van der Waals surface area contributed by atoms with Crippen molar-refractivity contribution in [1.82, 2.24) is 5.32 Å². The van der Waals surface area contributed by atoms with Crippen molar-refractivity contribution < 1.29 is 14.3 Å². The summed E-state index contributed by atoms with van der Waals surface area (Å²) in [6.07, 6.45) is 0.198. The van der Waals surface area contributed by atoms with Gasteiger partial charge in [-0.15, -0.1) is 0 Å². The number of carbonyl (C=O) groups is 1. The van der Waals surface area contributed by atoms with Gasteiger partial charge in [0.2, 0.25) is 5.91 Å². The van der Waals surface area contributed by atoms with Gasteiger partial charge in [-0.3, -0.25) is 4.79 Å². The summed E-state index contributed by atoms with van der Waals surface area (Å²) in [5.41, 5.74) is 1.19. The predicted molar refractivity (Wildman–Crippen MR) is 87.2 cm³/mol. The van der Waals surface area contributed by atoms with Crippen molar-refractivity contribution in [2.45, 2.75) is 12.5 Å². The molecule has 110 valence electrons. The zero-order valence-electron chi connectivity index (χ0n) is 11.2. The monoisotopic (exact) mass is 399 g/mol. The lowest BCUT2D eigenvalue weighted by Crippen LogP contribution is -2.32. The molecule has 1 atom stereocenters. The molecule has 0 aliphatic heterocycles. The summed E-state index contributed by atoms with van der Waals surface area (Å²) >= 11 is 2.16. The Morgan fingerprint density at radius 3 is 2.52 bits per heavy atom. The number of aliphatic hydroxyl groups excluding tert-OH is 1. The number of nitrogens with one attached hydrogen (secondary N) is 1. The quantitative estimate of drug-likeness (QED) is 0.760. The number of hydrogen-bond donors (Lipinski definition) is 2. The number of carbonyl (C=O) groups excluding carboxylic acids is 1. The third-order valence-corrected chi connectivity index (χ3v) is 4.16. The van der Waals surface area contributed by atoms with E-state index in [0.29, 0.717) is 0 Å². The molecule has 0 fully saturated rings. The lowest BCUT2D eigenvalue weighted by molar-refractivity contribution is -0.121. The maximum absolute atomic E-state index is 13.7. The highest BCUT2D eigenvalue weighted by molar-refractivity contribution is 14.1. The van der Waals surface area contributed by atoms with Crippen molar-refractivity contribution in [2.24, 2.45) is 0 Å². The van der Waals surface area contributed by atoms with Crippen molar-refractivity contribution in [3.8, 4) is 0 Å². The molecule has 21 heavy (non-hydrogen) atoms. The molecule has 0 spiro atoms. The molecule has 0 aliphatic rings. The fourth-order valence-electron chi connectivity index (χ4n) is 2.04. The number of rotatable bonds is 5. The molecule has 0 aliphatic carbocycles. The summed E-state index contributed by atoms with van der Waals surface area (Å²) in [6, 6.07) is 12.9. The van der Waals surface area contributed by atoms with Crippen LogP contribution < -0.4 is 5.32 Å². The van der Waals surface area contributed by atoms with Crippen LogP contribution in [0.4, 0.5) is 4.39 Å². The van der Waals surface area contributed by atoms with E-state index < -0.39 is 11.9 Å². The van der Waals surface area contributed by atoms with Crippen LogP contribution in [0.1, 0.15) is 17.2 Å². The van der Waals surface area contributed by atoms with Crippen LogP contribution in [0.25, 0.3) is 0 Å². The Bertz CT molecular complexity index is 633. The van der Waals surface area contributed by atoms with Crippen LogP contribution in [-0.2, 0) is 11.2 Å². The minimum absolute atomic E-state index is 0.198. The molecule has 0 bridgehead atoms. The lowest BCUT2D eigenvalue weighted by Gasteiger charge is -2.17. The van der Waals surface area contributed by atoms with E-state index in [-0.39, 0.29) is 24.5 Å². The molecule has 2 N–H and O–H groups in total. The first kappa shape index (κ1) is 15.9. The fraction of sp³-hybridized carbons (Fsp3) is 0.188. The second kappa shape index (κ2) is 7.51. The van der Waals surface area contributed by atoms with E-state index in [9.17, 15) is 14.3 Å². The van der Waals surface area contributed by atoms with Crippen molar-refractivity contribution in [1.29, 1.82) is 0 Å². The van der Waals surface area contributed by atoms with Crippen LogP contribution in [0.2, 0.25) is 0 Å². The van der Waals surface area contributed by atoms with Gasteiger partial charge in [0.15, 0.2) is 0 Å². The maximum Gasteiger partial charge on any atom is 0.225 e. The molecule has 1 amide bonds. The molecule has 0 unspecified atom stereocenters. The number of benzene rings is 2. The van der Waals surface area contributed by atoms with Gasteiger partial charge in [-0.05, 0) is 40.3 Å². The molecule has 0 saturated carbocycles. The Labute approximate surface area is 136 Å². The van der Waals surface area contributed by atoms with Gasteiger partial charge in [-0.1, -0.05) is 36.4 Å². The van der Waals surface area contributed by atoms with Crippen molar-refractivity contribution in [3.63, 3.8) is 0 Å². The summed E-state index contributed by atoms with van der Waals surface area (Å²) in [5, 5.41) is 12.1. The highest BCUT2D eigenvalue weighted by atomic mass is 127. The van der Waals surface area contributed by atoms with Gasteiger partial charge >= 0.3 is 0 Å². The average molecular weight is 399 g/mol. The van der Waals surface area contributed by atoms with E-state index in [1.54, 1.807) is 18.2 Å². The van der Waals surface area contributed by atoms with E-state index in [0.717, 1.165) is 9.13 Å². The SMILES string of the molecule is O=C(Cc1ccccc1I)N[C@H](CO)c1ccccc1F. The minimum atomic E-state index is -0.736. The van der Waals surface area contributed by atoms with Gasteiger partial charge < -0.3 is 10.4 Å². The maximum atomic E-state index is 13.7. The first-order valence-electron chi connectivity index (χ1n) is 6.50. The fourth-order valence-corrected chi connectivity index (χ4v) is 2.62. The third-order valence-electron chi connectivity index (χ3n) is 3.11. The largest absolute Gasteiger partial charge is 0.394 e. The van der Waals surface area contributed by atoms with Crippen molar-refractivity contribution in [3.05, 3.63) is 69.0 Å². The topological polar surface area (TPSA) is 49.3 Å². The number of aliphatic hydroxyl groups is 1. The first-order chi connectivity index (χ1) is 10.1. The molecule has 0 radical (unpaired) electrons. The first-order valence-corrected chi connectivity index (χ1v) is 7.57. The summed E-state index contributed by atoms with van der Waals surface area (Å²) in [4.78, 5) is 12.1. The molecule has 2 aromatic carbocycles. The van der Waals surface area contributed by atoms with E-state index in [4.69, 9.17) is 0 Å². The lowest BCUT2D eigenvalue weighted by atomic mass is 10.1. The zero-order valence-corrected chi connectivity index (χ0v) is 13.4. The van der Waals surface area contributed by atoms with Crippen molar-refractivity contribution in [2.75, 3.05) is 6.61 Å². The summed E-state index contributed by atoms with van der Waals surface area (Å²) in [5.74, 6) is -0.687.